The Kier molecular flexibility index (Phi) is 15.0. The van der Waals surface area contributed by atoms with Crippen LogP contribution in [-0.2, 0) is 32.5 Å². The summed E-state index contributed by atoms with van der Waals surface area (Å²) in [5.41, 5.74) is 14.5. The summed E-state index contributed by atoms with van der Waals surface area (Å²) in [5.74, 6) is 0.753. The minimum absolute atomic E-state index is 0.229. The van der Waals surface area contributed by atoms with Gasteiger partial charge in [-0.25, -0.2) is 4.98 Å². The third-order valence-corrected chi connectivity index (χ3v) is 12.9. The van der Waals surface area contributed by atoms with Crippen molar-refractivity contribution in [2.24, 2.45) is 0 Å². The lowest BCUT2D eigenvalue weighted by molar-refractivity contribution is 0.264. The predicted molar refractivity (Wildman–Crippen MR) is 269 cm³/mol. The van der Waals surface area contributed by atoms with Crippen molar-refractivity contribution in [3.05, 3.63) is 126 Å². The summed E-state index contributed by atoms with van der Waals surface area (Å²) in [6.07, 6.45) is 13.9. The van der Waals surface area contributed by atoms with Gasteiger partial charge >= 0.3 is 0 Å². The van der Waals surface area contributed by atoms with Crippen molar-refractivity contribution >= 4 is 45.8 Å². The Morgan fingerprint density at radius 2 is 1.53 bits per heavy atom. The van der Waals surface area contributed by atoms with Crippen LogP contribution in [0.2, 0.25) is 0 Å². The summed E-state index contributed by atoms with van der Waals surface area (Å²) in [5, 5.41) is 20.6. The fraction of sp³-hybridized carbons (Fsp3) is 0.442. The van der Waals surface area contributed by atoms with E-state index in [-0.39, 0.29) is 6.29 Å². The zero-order valence-electron chi connectivity index (χ0n) is 39.7. The average molecular weight is 865 g/mol. The highest BCUT2D eigenvalue weighted by Gasteiger charge is 2.26. The van der Waals surface area contributed by atoms with Crippen LogP contribution in [0.25, 0.3) is 34.2 Å². The zero-order chi connectivity index (χ0) is 45.5. The molecule has 64 heavy (non-hydrogen) atoms. The summed E-state index contributed by atoms with van der Waals surface area (Å²) in [7, 11) is 4.25. The second-order valence-corrected chi connectivity index (χ2v) is 17.8. The van der Waals surface area contributed by atoms with Gasteiger partial charge in [0.25, 0.3) is 0 Å². The number of hydrogen-bond donors (Lipinski definition) is 3. The number of aromatic nitrogens is 6. The molecule has 2 aliphatic rings. The number of imidazole rings is 1. The highest BCUT2D eigenvalue weighted by molar-refractivity contribution is 5.86. The summed E-state index contributed by atoms with van der Waals surface area (Å²) in [6.45, 7) is 34.2. The molecule has 2 aromatic carbocycles. The normalized spacial score (nSPS) is 17.1. The van der Waals surface area contributed by atoms with Crippen molar-refractivity contribution in [3.63, 3.8) is 0 Å². The maximum Gasteiger partial charge on any atom is 0.208 e. The van der Waals surface area contributed by atoms with E-state index in [9.17, 15) is 0 Å². The third-order valence-electron chi connectivity index (χ3n) is 12.9. The van der Waals surface area contributed by atoms with E-state index in [1.54, 1.807) is 0 Å². The van der Waals surface area contributed by atoms with E-state index in [4.69, 9.17) is 10.1 Å². The third kappa shape index (κ3) is 10.4. The van der Waals surface area contributed by atoms with Gasteiger partial charge in [-0.2, -0.15) is 10.2 Å². The molecule has 0 aliphatic carbocycles. The summed E-state index contributed by atoms with van der Waals surface area (Å²) in [6, 6.07) is 16.2. The number of fused-ring (bicyclic) bond motifs is 1. The first-order valence-corrected chi connectivity index (χ1v) is 23.4. The van der Waals surface area contributed by atoms with Crippen LogP contribution >= 0.6 is 0 Å². The number of anilines is 2. The van der Waals surface area contributed by atoms with Crippen LogP contribution in [0.3, 0.4) is 0 Å². The van der Waals surface area contributed by atoms with E-state index >= 15 is 0 Å². The van der Waals surface area contributed by atoms with Gasteiger partial charge < -0.3 is 25.4 Å². The van der Waals surface area contributed by atoms with E-state index in [2.05, 4.69) is 156 Å². The molecule has 7 rings (SSSR count). The molecule has 12 nitrogen and oxygen atoms in total. The lowest BCUT2D eigenvalue weighted by Crippen LogP contribution is -2.54. The molecular formula is C52H72N12. The number of allylic oxidation sites excluding steroid dienone is 1. The topological polar surface area (TPSA) is 99.3 Å². The maximum absolute atomic E-state index is 5.22. The number of nitrogens with zero attached hydrogens (tertiary/aromatic N) is 9. The quantitative estimate of drug-likeness (QED) is 0.0663. The first-order valence-electron chi connectivity index (χ1n) is 23.4. The fourth-order valence-electron chi connectivity index (χ4n) is 9.47. The van der Waals surface area contributed by atoms with Crippen LogP contribution in [0.1, 0.15) is 97.9 Å². The first-order chi connectivity index (χ1) is 30.9. The molecule has 0 bridgehead atoms. The van der Waals surface area contributed by atoms with Crippen LogP contribution in [0.4, 0.5) is 11.6 Å². The van der Waals surface area contributed by atoms with Gasteiger partial charge in [0.05, 0.1) is 45.2 Å². The molecule has 0 radical (unpaired) electrons. The van der Waals surface area contributed by atoms with Gasteiger partial charge in [-0.05, 0) is 152 Å². The molecule has 5 heterocycles. The maximum atomic E-state index is 5.22. The molecule has 2 aliphatic heterocycles. The Morgan fingerprint density at radius 3 is 2.19 bits per heavy atom. The Balaban J connectivity index is 1.26. The number of nitrogens with one attached hydrogen (secondary N) is 3. The SMILES string of the molecule is C=Cc1cc2c3c(c1)nc(NC(=C)c1cc(C)nn1CC)n3C/C=C/CN(C(NC(=C)c1cc(C)nn1CC)N(C)C)c1ccc(C(=C)NCCN3CCCC3C)cc1CCCCC2. The van der Waals surface area contributed by atoms with Gasteiger partial charge in [-0.15, -0.1) is 0 Å². The molecule has 1 fully saturated rings. The molecule has 3 aromatic heterocycles. The second-order valence-electron chi connectivity index (χ2n) is 17.8. The molecule has 12 heteroatoms. The number of hydrogen-bond acceptors (Lipinski definition) is 9. The van der Waals surface area contributed by atoms with Crippen LogP contribution in [0, 0.1) is 13.8 Å². The summed E-state index contributed by atoms with van der Waals surface area (Å²) < 4.78 is 6.31. The average Bonchev–Trinajstić information content (AvgIpc) is 4.06. The minimum atomic E-state index is -0.229. The molecule has 0 amide bonds. The van der Waals surface area contributed by atoms with Gasteiger partial charge in [0, 0.05) is 56.7 Å². The lowest BCUT2D eigenvalue weighted by Gasteiger charge is -2.39. The standard InChI is InChI=1S/C52H72N12/c1-12-42-33-45-23-17-15-16-22-44-35-43(39(7)53-26-30-60-27-20-21-38(60)6)24-25-47(44)61(52(59(10)11)55-41(9)49-32-37(5)58-64(49)14-3)28-18-19-29-62-50(45)46(34-42)56-51(62)54-40(8)48-31-36(4)57-63(48)13-2/h12,18-19,24-25,31-35,38,52-53,55H,1,7-9,13-17,20-23,26-30H2,2-6,10-11H3,(H,54,56)/b19-18+. The van der Waals surface area contributed by atoms with Gasteiger partial charge in [-0.3, -0.25) is 19.2 Å². The lowest BCUT2D eigenvalue weighted by atomic mass is 9.98. The highest BCUT2D eigenvalue weighted by atomic mass is 15.4. The van der Waals surface area contributed by atoms with E-state index in [0.717, 1.165) is 126 Å². The van der Waals surface area contributed by atoms with Crippen molar-refractivity contribution in [3.8, 4) is 0 Å². The van der Waals surface area contributed by atoms with Crippen molar-refractivity contribution in [2.45, 2.75) is 112 Å². The van der Waals surface area contributed by atoms with Crippen LogP contribution < -0.4 is 20.9 Å². The number of benzene rings is 2. The van der Waals surface area contributed by atoms with Crippen molar-refractivity contribution < 1.29 is 0 Å². The van der Waals surface area contributed by atoms with Gasteiger partial charge in [0.1, 0.15) is 0 Å². The monoisotopic (exact) mass is 865 g/mol. The smallest absolute Gasteiger partial charge is 0.208 e. The Morgan fingerprint density at radius 1 is 0.844 bits per heavy atom. The van der Waals surface area contributed by atoms with Crippen LogP contribution in [-0.4, -0.2) is 91.5 Å². The predicted octanol–water partition coefficient (Wildman–Crippen LogP) is 9.29. The Bertz CT molecular complexity index is 2490. The van der Waals surface area contributed by atoms with E-state index < -0.39 is 0 Å². The summed E-state index contributed by atoms with van der Waals surface area (Å²) >= 11 is 0. The van der Waals surface area contributed by atoms with Gasteiger partial charge in [0.15, 0.2) is 6.29 Å². The molecule has 2 atom stereocenters. The molecule has 1 saturated heterocycles. The molecule has 0 spiro atoms. The van der Waals surface area contributed by atoms with Crippen molar-refractivity contribution in [1.82, 2.24) is 49.5 Å². The van der Waals surface area contributed by atoms with E-state index in [0.29, 0.717) is 19.1 Å². The number of aryl methyl sites for hydroxylation is 6. The summed E-state index contributed by atoms with van der Waals surface area (Å²) in [4.78, 5) is 12.5. The fourth-order valence-corrected chi connectivity index (χ4v) is 9.47. The van der Waals surface area contributed by atoms with E-state index in [1.807, 2.05) is 29.3 Å². The van der Waals surface area contributed by atoms with Crippen LogP contribution in [0.15, 0.2) is 80.9 Å². The van der Waals surface area contributed by atoms with Crippen LogP contribution in [0.5, 0.6) is 0 Å². The molecule has 3 N–H and O–H groups in total. The number of likely N-dealkylation sites (tertiary alicyclic amines) is 1. The number of rotatable bonds is 16. The molecular weight excluding hydrogens is 793 g/mol. The highest BCUT2D eigenvalue weighted by Crippen LogP contribution is 2.32. The first kappa shape index (κ1) is 46.2. The zero-order valence-corrected chi connectivity index (χ0v) is 39.7. The molecule has 2 unspecified atom stereocenters. The van der Waals surface area contributed by atoms with E-state index in [1.165, 1.54) is 36.2 Å². The van der Waals surface area contributed by atoms with Gasteiger partial charge in [-0.1, -0.05) is 57.0 Å². The Hall–Kier alpha value is -5.85. The van der Waals surface area contributed by atoms with Gasteiger partial charge in [0.2, 0.25) is 5.95 Å². The molecule has 340 valence electrons. The van der Waals surface area contributed by atoms with Crippen molar-refractivity contribution in [2.75, 3.05) is 50.5 Å². The minimum Gasteiger partial charge on any atom is -0.384 e. The molecule has 0 saturated carbocycles. The largest absolute Gasteiger partial charge is 0.384 e. The molecule has 5 aromatic rings. The second kappa shape index (κ2) is 20.8. The van der Waals surface area contributed by atoms with Crippen molar-refractivity contribution in [1.29, 1.82) is 0 Å². The Labute approximate surface area is 382 Å².